The summed E-state index contributed by atoms with van der Waals surface area (Å²) in [6.07, 6.45) is 3.19. The molecule has 0 atom stereocenters. The van der Waals surface area contributed by atoms with Gasteiger partial charge < -0.3 is 9.80 Å². The first-order chi connectivity index (χ1) is 11.6. The number of Topliss-reactive ketones (excluding diaryl/α,β-unsaturated/α-hetero) is 1. The van der Waals surface area contributed by atoms with Crippen molar-refractivity contribution in [1.29, 1.82) is 0 Å². The number of nitrogens with zero attached hydrogens (tertiary/aromatic N) is 3. The zero-order valence-corrected chi connectivity index (χ0v) is 13.4. The molecule has 0 spiro atoms. The number of rotatable bonds is 3. The van der Waals surface area contributed by atoms with Crippen LogP contribution in [0.5, 0.6) is 0 Å². The number of hydrogen-bond donors (Lipinski definition) is 0. The summed E-state index contributed by atoms with van der Waals surface area (Å²) in [5.41, 5.74) is 1.44. The van der Waals surface area contributed by atoms with Crippen molar-refractivity contribution in [1.82, 2.24) is 9.88 Å². The molecule has 2 heterocycles. The number of halogens is 1. The van der Waals surface area contributed by atoms with E-state index in [0.717, 1.165) is 0 Å². The predicted octanol–water partition coefficient (Wildman–Crippen LogP) is 2.39. The molecule has 0 radical (unpaired) electrons. The second kappa shape index (κ2) is 6.78. The molecule has 1 aromatic heterocycles. The number of piperazine rings is 1. The summed E-state index contributed by atoms with van der Waals surface area (Å²) in [7, 11) is 0. The Bertz CT molecular complexity index is 756. The van der Waals surface area contributed by atoms with Crippen LogP contribution in [-0.2, 0) is 0 Å². The number of pyridine rings is 1. The summed E-state index contributed by atoms with van der Waals surface area (Å²) in [5.74, 6) is -0.603. The summed E-state index contributed by atoms with van der Waals surface area (Å²) < 4.78 is 14.2. The molecule has 6 heteroatoms. The van der Waals surface area contributed by atoms with Gasteiger partial charge in [-0.05, 0) is 37.3 Å². The second-order valence-corrected chi connectivity index (χ2v) is 5.74. The molecule has 1 saturated heterocycles. The third kappa shape index (κ3) is 3.27. The lowest BCUT2D eigenvalue weighted by atomic mass is 10.1. The van der Waals surface area contributed by atoms with Crippen molar-refractivity contribution in [3.8, 4) is 0 Å². The summed E-state index contributed by atoms with van der Waals surface area (Å²) in [6.45, 7) is 3.56. The number of hydrogen-bond acceptors (Lipinski definition) is 4. The predicted molar refractivity (Wildman–Crippen MR) is 88.8 cm³/mol. The molecule has 1 aliphatic rings. The first-order valence-corrected chi connectivity index (χ1v) is 7.81. The minimum absolute atomic E-state index is 0.0375. The summed E-state index contributed by atoms with van der Waals surface area (Å²) >= 11 is 0. The van der Waals surface area contributed by atoms with Gasteiger partial charge in [0.1, 0.15) is 5.82 Å². The number of anilines is 1. The van der Waals surface area contributed by atoms with Gasteiger partial charge in [0, 0.05) is 49.7 Å². The van der Waals surface area contributed by atoms with Gasteiger partial charge in [0.05, 0.1) is 5.69 Å². The monoisotopic (exact) mass is 327 g/mol. The molecule has 1 fully saturated rings. The van der Waals surface area contributed by atoms with Crippen LogP contribution in [0.1, 0.15) is 27.6 Å². The second-order valence-electron chi connectivity index (χ2n) is 5.74. The minimum Gasteiger partial charge on any atom is -0.366 e. The molecule has 5 nitrogen and oxygen atoms in total. The number of carbonyl (C=O) groups is 2. The third-order valence-electron chi connectivity index (χ3n) is 4.19. The molecule has 0 saturated carbocycles. The maximum Gasteiger partial charge on any atom is 0.254 e. The van der Waals surface area contributed by atoms with Crippen LogP contribution < -0.4 is 4.90 Å². The van der Waals surface area contributed by atoms with Gasteiger partial charge in [-0.1, -0.05) is 0 Å². The molecule has 1 aromatic carbocycles. The average molecular weight is 327 g/mol. The maximum absolute atomic E-state index is 14.2. The number of benzene rings is 1. The van der Waals surface area contributed by atoms with E-state index < -0.39 is 5.82 Å². The molecule has 0 unspecified atom stereocenters. The van der Waals surface area contributed by atoms with Crippen LogP contribution in [0.3, 0.4) is 0 Å². The highest BCUT2D eigenvalue weighted by Gasteiger charge is 2.23. The fraction of sp³-hybridized carbons (Fsp3) is 0.278. The Balaban J connectivity index is 1.67. The largest absolute Gasteiger partial charge is 0.366 e. The minimum atomic E-state index is -0.406. The molecule has 0 bridgehead atoms. The summed E-state index contributed by atoms with van der Waals surface area (Å²) in [5, 5.41) is 0. The van der Waals surface area contributed by atoms with E-state index >= 15 is 0 Å². The van der Waals surface area contributed by atoms with E-state index in [9.17, 15) is 14.0 Å². The lowest BCUT2D eigenvalue weighted by Crippen LogP contribution is -2.49. The highest BCUT2D eigenvalue weighted by atomic mass is 19.1. The van der Waals surface area contributed by atoms with Crippen molar-refractivity contribution >= 4 is 17.4 Å². The van der Waals surface area contributed by atoms with E-state index in [2.05, 4.69) is 4.98 Å². The van der Waals surface area contributed by atoms with Crippen LogP contribution in [0.2, 0.25) is 0 Å². The van der Waals surface area contributed by atoms with Gasteiger partial charge in [-0.25, -0.2) is 4.39 Å². The fourth-order valence-corrected chi connectivity index (χ4v) is 2.81. The van der Waals surface area contributed by atoms with Crippen LogP contribution in [0.15, 0.2) is 42.7 Å². The van der Waals surface area contributed by atoms with Crippen molar-refractivity contribution in [2.24, 2.45) is 0 Å². The number of amides is 1. The first-order valence-electron chi connectivity index (χ1n) is 7.81. The molecule has 0 aliphatic carbocycles. The lowest BCUT2D eigenvalue weighted by molar-refractivity contribution is 0.0746. The molecule has 3 rings (SSSR count). The number of ketones is 1. The zero-order valence-electron chi connectivity index (χ0n) is 13.4. The Hall–Kier alpha value is -2.76. The smallest absolute Gasteiger partial charge is 0.254 e. The lowest BCUT2D eigenvalue weighted by Gasteiger charge is -2.36. The standard InChI is InChI=1S/C18H18FN3O2/c1-13(23)15-2-3-17(16(19)12-15)21-8-10-22(11-9-21)18(24)14-4-6-20-7-5-14/h2-7,12H,8-11H2,1H3. The van der Waals surface area contributed by atoms with E-state index in [1.54, 1.807) is 41.6 Å². The highest BCUT2D eigenvalue weighted by molar-refractivity contribution is 5.95. The fourth-order valence-electron chi connectivity index (χ4n) is 2.81. The normalized spacial score (nSPS) is 14.6. The van der Waals surface area contributed by atoms with E-state index in [4.69, 9.17) is 0 Å². The van der Waals surface area contributed by atoms with E-state index in [0.29, 0.717) is 43.0 Å². The van der Waals surface area contributed by atoms with Gasteiger partial charge in [-0.2, -0.15) is 0 Å². The van der Waals surface area contributed by atoms with Gasteiger partial charge in [0.15, 0.2) is 5.78 Å². The zero-order chi connectivity index (χ0) is 17.1. The Kier molecular flexibility index (Phi) is 4.55. The Morgan fingerprint density at radius 1 is 1.00 bits per heavy atom. The summed E-state index contributed by atoms with van der Waals surface area (Å²) in [4.78, 5) is 31.3. The Morgan fingerprint density at radius 3 is 2.25 bits per heavy atom. The topological polar surface area (TPSA) is 53.5 Å². The van der Waals surface area contributed by atoms with E-state index in [1.165, 1.54) is 13.0 Å². The van der Waals surface area contributed by atoms with Crippen LogP contribution in [0.25, 0.3) is 0 Å². The van der Waals surface area contributed by atoms with Gasteiger partial charge in [0.2, 0.25) is 0 Å². The van der Waals surface area contributed by atoms with Crippen LogP contribution in [0, 0.1) is 5.82 Å². The molecule has 1 aliphatic heterocycles. The molecule has 0 N–H and O–H groups in total. The first kappa shape index (κ1) is 16.1. The van der Waals surface area contributed by atoms with Crippen LogP contribution >= 0.6 is 0 Å². The van der Waals surface area contributed by atoms with E-state index in [1.807, 2.05) is 4.90 Å². The van der Waals surface area contributed by atoms with Crippen molar-refractivity contribution in [3.05, 3.63) is 59.7 Å². The molecular formula is C18H18FN3O2. The SMILES string of the molecule is CC(=O)c1ccc(N2CCN(C(=O)c3ccncc3)CC2)c(F)c1. The molecule has 1 amide bonds. The summed E-state index contributed by atoms with van der Waals surface area (Å²) in [6, 6.07) is 7.91. The van der Waals surface area contributed by atoms with Crippen molar-refractivity contribution < 1.29 is 14.0 Å². The Morgan fingerprint density at radius 2 is 1.67 bits per heavy atom. The maximum atomic E-state index is 14.2. The third-order valence-corrected chi connectivity index (χ3v) is 4.19. The van der Waals surface area contributed by atoms with Gasteiger partial charge >= 0.3 is 0 Å². The molecule has 2 aromatic rings. The van der Waals surface area contributed by atoms with Gasteiger partial charge in [-0.3, -0.25) is 14.6 Å². The van der Waals surface area contributed by atoms with Crippen molar-refractivity contribution in [2.75, 3.05) is 31.1 Å². The number of aromatic nitrogens is 1. The van der Waals surface area contributed by atoms with Gasteiger partial charge in [0.25, 0.3) is 5.91 Å². The van der Waals surface area contributed by atoms with Crippen LogP contribution in [-0.4, -0.2) is 47.8 Å². The average Bonchev–Trinajstić information content (AvgIpc) is 2.62. The van der Waals surface area contributed by atoms with E-state index in [-0.39, 0.29) is 11.7 Å². The van der Waals surface area contributed by atoms with Crippen LogP contribution in [0.4, 0.5) is 10.1 Å². The Labute approximate surface area is 139 Å². The quantitative estimate of drug-likeness (QED) is 0.812. The number of carbonyl (C=O) groups excluding carboxylic acids is 2. The molecule has 124 valence electrons. The molecular weight excluding hydrogens is 309 g/mol. The van der Waals surface area contributed by atoms with Crippen molar-refractivity contribution in [3.63, 3.8) is 0 Å². The van der Waals surface area contributed by atoms with Crippen molar-refractivity contribution in [2.45, 2.75) is 6.92 Å². The highest BCUT2D eigenvalue weighted by Crippen LogP contribution is 2.22. The molecule has 24 heavy (non-hydrogen) atoms. The van der Waals surface area contributed by atoms with Gasteiger partial charge in [-0.15, -0.1) is 0 Å².